The van der Waals surface area contributed by atoms with Crippen LogP contribution in [0.1, 0.15) is 104 Å². The lowest BCUT2D eigenvalue weighted by molar-refractivity contribution is -0.159. The summed E-state index contributed by atoms with van der Waals surface area (Å²) in [7, 11) is 0. The minimum Gasteiger partial charge on any atom is -0.459 e. The van der Waals surface area contributed by atoms with E-state index in [-0.39, 0.29) is 41.3 Å². The van der Waals surface area contributed by atoms with E-state index < -0.39 is 11.2 Å². The van der Waals surface area contributed by atoms with E-state index in [9.17, 15) is 9.59 Å². The topological polar surface area (TPSA) is 74.3 Å². The molecule has 0 heterocycles. The van der Waals surface area contributed by atoms with E-state index >= 15 is 0 Å². The predicted molar refractivity (Wildman–Crippen MR) is 172 cm³/mol. The Bertz CT molecular complexity index is 719. The zero-order chi connectivity index (χ0) is 32.3. The molecule has 0 amide bonds. The molecule has 8 heteroatoms. The minimum atomic E-state index is -0.571. The fourth-order valence-electron chi connectivity index (χ4n) is 4.71. The lowest BCUT2D eigenvalue weighted by Gasteiger charge is -2.37. The number of nitrogens with one attached hydrogen (secondary N) is 1. The first-order valence-corrected chi connectivity index (χ1v) is 15.5. The van der Waals surface area contributed by atoms with Gasteiger partial charge >= 0.3 is 11.9 Å². The summed E-state index contributed by atoms with van der Waals surface area (Å²) in [5.74, 6) is -0.681. The van der Waals surface area contributed by atoms with Gasteiger partial charge in [0.15, 0.2) is 0 Å². The van der Waals surface area contributed by atoms with Gasteiger partial charge in [0.2, 0.25) is 0 Å². The molecule has 0 spiro atoms. The zero-order valence-electron chi connectivity index (χ0n) is 29.8. The molecule has 0 aliphatic carbocycles. The number of carbonyl (C=O) groups is 2. The molecule has 0 aromatic heterocycles. The highest BCUT2D eigenvalue weighted by atomic mass is 16.6. The van der Waals surface area contributed by atoms with Crippen molar-refractivity contribution in [1.29, 1.82) is 0 Å². The molecule has 0 radical (unpaired) electrons. The summed E-state index contributed by atoms with van der Waals surface area (Å²) < 4.78 is 11.0. The van der Waals surface area contributed by atoms with E-state index in [1.807, 2.05) is 41.5 Å². The van der Waals surface area contributed by atoms with Crippen molar-refractivity contribution in [2.75, 3.05) is 72.0 Å². The second-order valence-electron chi connectivity index (χ2n) is 17.3. The largest absolute Gasteiger partial charge is 0.459 e. The smallest absolute Gasteiger partial charge is 0.320 e. The average molecular weight is 585 g/mol. The summed E-state index contributed by atoms with van der Waals surface area (Å²) >= 11 is 0. The Morgan fingerprint density at radius 2 is 0.805 bits per heavy atom. The van der Waals surface area contributed by atoms with Gasteiger partial charge in [0, 0.05) is 58.9 Å². The summed E-state index contributed by atoms with van der Waals surface area (Å²) in [6.45, 7) is 40.2. The van der Waals surface area contributed by atoms with Crippen molar-refractivity contribution in [2.24, 2.45) is 16.2 Å². The molecule has 0 aliphatic heterocycles. The second kappa shape index (κ2) is 16.6. The Kier molecular flexibility index (Phi) is 16.1. The Morgan fingerprint density at radius 3 is 1.15 bits per heavy atom. The fraction of sp³-hybridized carbons (Fsp3) is 0.939. The first-order chi connectivity index (χ1) is 18.2. The molecule has 0 aromatic carbocycles. The maximum atomic E-state index is 12.5. The van der Waals surface area contributed by atoms with Crippen molar-refractivity contribution < 1.29 is 19.1 Å². The van der Waals surface area contributed by atoms with Crippen LogP contribution in [0.4, 0.5) is 0 Å². The molecule has 0 unspecified atom stereocenters. The Morgan fingerprint density at radius 1 is 0.488 bits per heavy atom. The van der Waals surface area contributed by atoms with Crippen molar-refractivity contribution in [1.82, 2.24) is 20.0 Å². The molecular formula is C33H68N4O4. The van der Waals surface area contributed by atoms with Crippen LogP contribution in [0, 0.1) is 16.2 Å². The number of hydrogen-bond acceptors (Lipinski definition) is 8. The first kappa shape index (κ1) is 39.8. The van der Waals surface area contributed by atoms with Crippen LogP contribution < -0.4 is 5.32 Å². The summed E-state index contributed by atoms with van der Waals surface area (Å²) in [5, 5.41) is 3.54. The van der Waals surface area contributed by atoms with Crippen molar-refractivity contribution in [2.45, 2.75) is 115 Å². The summed E-state index contributed by atoms with van der Waals surface area (Å²) in [4.78, 5) is 32.0. The zero-order valence-corrected chi connectivity index (χ0v) is 29.8. The van der Waals surface area contributed by atoms with Gasteiger partial charge in [-0.05, 0) is 57.8 Å². The lowest BCUT2D eigenvalue weighted by Crippen LogP contribution is -2.46. The van der Waals surface area contributed by atoms with E-state index in [1.165, 1.54) is 0 Å². The van der Waals surface area contributed by atoms with Crippen LogP contribution in [0.5, 0.6) is 0 Å². The van der Waals surface area contributed by atoms with Gasteiger partial charge in [-0.2, -0.15) is 0 Å². The van der Waals surface area contributed by atoms with Crippen LogP contribution in [0.25, 0.3) is 0 Å². The molecule has 0 saturated carbocycles. The van der Waals surface area contributed by atoms with Crippen LogP contribution in [0.3, 0.4) is 0 Å². The van der Waals surface area contributed by atoms with Crippen LogP contribution in [-0.4, -0.2) is 110 Å². The number of esters is 2. The van der Waals surface area contributed by atoms with Crippen LogP contribution in [0.2, 0.25) is 0 Å². The predicted octanol–water partition coefficient (Wildman–Crippen LogP) is 5.30. The monoisotopic (exact) mass is 585 g/mol. The van der Waals surface area contributed by atoms with Gasteiger partial charge in [-0.3, -0.25) is 14.5 Å². The molecule has 244 valence electrons. The van der Waals surface area contributed by atoms with Crippen molar-refractivity contribution in [3.05, 3.63) is 0 Å². The molecule has 8 nitrogen and oxygen atoms in total. The van der Waals surface area contributed by atoms with E-state index in [2.05, 4.69) is 77.4 Å². The number of hydrogen-bond donors (Lipinski definition) is 1. The van der Waals surface area contributed by atoms with Crippen molar-refractivity contribution >= 4 is 11.9 Å². The maximum Gasteiger partial charge on any atom is 0.320 e. The second-order valence-corrected chi connectivity index (χ2v) is 17.3. The Balaban J connectivity index is 5.13. The van der Waals surface area contributed by atoms with Crippen LogP contribution in [-0.2, 0) is 19.1 Å². The maximum absolute atomic E-state index is 12.5. The molecule has 0 fully saturated rings. The molecule has 0 aliphatic rings. The molecule has 0 saturated heterocycles. The highest BCUT2D eigenvalue weighted by Gasteiger charge is 2.25. The van der Waals surface area contributed by atoms with Gasteiger partial charge in [0.1, 0.15) is 11.2 Å². The van der Waals surface area contributed by atoms with Gasteiger partial charge < -0.3 is 24.6 Å². The minimum absolute atomic E-state index is 0.0474. The van der Waals surface area contributed by atoms with Gasteiger partial charge in [0.25, 0.3) is 0 Å². The molecular weight excluding hydrogens is 516 g/mol. The van der Waals surface area contributed by atoms with Gasteiger partial charge in [0.05, 0.1) is 13.1 Å². The molecule has 1 N–H and O–H groups in total. The van der Waals surface area contributed by atoms with Crippen LogP contribution in [0.15, 0.2) is 0 Å². The third kappa shape index (κ3) is 26.2. The highest BCUT2D eigenvalue weighted by Crippen LogP contribution is 2.21. The fourth-order valence-corrected chi connectivity index (χ4v) is 4.71. The first-order valence-electron chi connectivity index (χ1n) is 15.5. The van der Waals surface area contributed by atoms with E-state index in [0.717, 1.165) is 45.8 Å². The quantitative estimate of drug-likeness (QED) is 0.193. The Hall–Kier alpha value is -1.22. The third-order valence-electron chi connectivity index (χ3n) is 5.58. The van der Waals surface area contributed by atoms with Crippen molar-refractivity contribution in [3.63, 3.8) is 0 Å². The Labute approximate surface area is 254 Å². The summed E-state index contributed by atoms with van der Waals surface area (Å²) in [6, 6.07) is 0. The van der Waals surface area contributed by atoms with Gasteiger partial charge in [-0.1, -0.05) is 62.3 Å². The number of rotatable bonds is 16. The summed E-state index contributed by atoms with van der Waals surface area (Å²) in [5.41, 5.74) is -0.424. The van der Waals surface area contributed by atoms with Gasteiger partial charge in [-0.15, -0.1) is 0 Å². The molecule has 0 rings (SSSR count). The third-order valence-corrected chi connectivity index (χ3v) is 5.58. The van der Waals surface area contributed by atoms with E-state index in [0.29, 0.717) is 13.1 Å². The molecule has 0 aromatic rings. The van der Waals surface area contributed by atoms with Gasteiger partial charge in [-0.25, -0.2) is 0 Å². The van der Waals surface area contributed by atoms with E-state index in [1.54, 1.807) is 4.90 Å². The normalized spacial score (nSPS) is 13.8. The number of ether oxygens (including phenoxy) is 2. The van der Waals surface area contributed by atoms with Crippen molar-refractivity contribution in [3.8, 4) is 0 Å². The van der Waals surface area contributed by atoms with Crippen LogP contribution >= 0.6 is 0 Å². The number of carbonyl (C=O) groups excluding carboxylic acids is 2. The number of nitrogens with zero attached hydrogens (tertiary/aromatic N) is 3. The average Bonchev–Trinajstić information content (AvgIpc) is 2.64. The summed E-state index contributed by atoms with van der Waals surface area (Å²) in [6.07, 6.45) is 0. The SMILES string of the molecule is CC(C)(C)CN(CCNCCN(CC(=O)OC(C)(C)C)CC(=O)OC(C)(C)C)CCN(CC(C)(C)C)CC(C)(C)C. The highest BCUT2D eigenvalue weighted by molar-refractivity contribution is 5.75. The van der Waals surface area contributed by atoms with E-state index in [4.69, 9.17) is 9.47 Å². The molecule has 41 heavy (non-hydrogen) atoms. The lowest BCUT2D eigenvalue weighted by atomic mass is 9.92. The standard InChI is InChI=1S/C33H68N4O4/c1-29(2,3)24-35(20-21-37(25-30(4,5)6)26-31(7,8)9)18-16-34-17-19-36(22-27(38)40-32(10,11)12)23-28(39)41-33(13,14)15/h34H,16-26H2,1-15H3. The molecule has 0 bridgehead atoms. The molecule has 0 atom stereocenters.